The van der Waals surface area contributed by atoms with Crippen molar-refractivity contribution < 1.29 is 0 Å². The minimum absolute atomic E-state index is 0.132. The molecule has 0 amide bonds. The van der Waals surface area contributed by atoms with Crippen LogP contribution in [0.25, 0.3) is 11.0 Å². The van der Waals surface area contributed by atoms with E-state index >= 15 is 0 Å². The molecule has 2 aliphatic rings. The Morgan fingerprint density at radius 2 is 1.81 bits per heavy atom. The van der Waals surface area contributed by atoms with Crippen LogP contribution in [0, 0.1) is 17.8 Å². The van der Waals surface area contributed by atoms with Crippen molar-refractivity contribution in [1.29, 1.82) is 0 Å². The SMILES string of the molecule is CCc1ccncc1Cn1c(=O)c(C#CC2CCCC2)cc2cnc(Nc3ccc(NC4CCCN(C)C4)cc3)nc21. The molecule has 0 radical (unpaired) electrons. The quantitative estimate of drug-likeness (QED) is 0.285. The van der Waals surface area contributed by atoms with Crippen molar-refractivity contribution in [2.45, 2.75) is 64.5 Å². The lowest BCUT2D eigenvalue weighted by molar-refractivity contribution is 0.261. The molecule has 0 bridgehead atoms. The van der Waals surface area contributed by atoms with Crippen LogP contribution in [-0.4, -0.2) is 50.6 Å². The maximum Gasteiger partial charge on any atom is 0.268 e. The third-order valence-electron chi connectivity index (χ3n) is 8.44. The summed E-state index contributed by atoms with van der Waals surface area (Å²) in [6.45, 7) is 4.71. The van der Waals surface area contributed by atoms with E-state index in [4.69, 9.17) is 4.98 Å². The van der Waals surface area contributed by atoms with Crippen LogP contribution in [0.2, 0.25) is 0 Å². The Bertz CT molecular complexity index is 1660. The number of fused-ring (bicyclic) bond motifs is 1. The summed E-state index contributed by atoms with van der Waals surface area (Å²) in [5.41, 5.74) is 5.09. The molecule has 1 aliphatic carbocycles. The summed E-state index contributed by atoms with van der Waals surface area (Å²) in [4.78, 5) is 30.0. The van der Waals surface area contributed by atoms with Gasteiger partial charge in [0.25, 0.3) is 5.56 Å². The highest BCUT2D eigenvalue weighted by molar-refractivity contribution is 5.77. The van der Waals surface area contributed by atoms with E-state index < -0.39 is 0 Å². The number of anilines is 3. The first kappa shape index (κ1) is 27.9. The fourth-order valence-electron chi connectivity index (χ4n) is 6.12. The molecule has 8 heteroatoms. The van der Waals surface area contributed by atoms with Gasteiger partial charge in [-0.1, -0.05) is 31.6 Å². The third-order valence-corrected chi connectivity index (χ3v) is 8.44. The number of likely N-dealkylation sites (tertiary alicyclic amines) is 1. The Morgan fingerprint density at radius 1 is 1.00 bits per heavy atom. The van der Waals surface area contributed by atoms with Gasteiger partial charge < -0.3 is 15.5 Å². The number of nitrogens with zero attached hydrogens (tertiary/aromatic N) is 5. The second kappa shape index (κ2) is 12.7. The zero-order chi connectivity index (χ0) is 28.9. The minimum Gasteiger partial charge on any atom is -0.381 e. The number of piperidine rings is 1. The predicted octanol–water partition coefficient (Wildman–Crippen LogP) is 5.59. The van der Waals surface area contributed by atoms with Crippen LogP contribution in [0.4, 0.5) is 17.3 Å². The van der Waals surface area contributed by atoms with Gasteiger partial charge in [0.1, 0.15) is 5.65 Å². The molecule has 1 aromatic carbocycles. The number of benzene rings is 1. The standard InChI is InChI=1S/C34H39N7O/c1-3-25-16-17-35-20-28(25)22-41-32-27(19-26(33(41)42)11-10-24-7-4-5-8-24)21-36-34(39-32)38-30-14-12-29(13-15-30)37-31-9-6-18-40(2)23-31/h12-17,19-21,24,31,37H,3-9,18,22-23H2,1-2H3,(H,36,38,39). The van der Waals surface area contributed by atoms with E-state index in [0.29, 0.717) is 35.7 Å². The smallest absolute Gasteiger partial charge is 0.268 e. The normalized spacial score (nSPS) is 17.6. The van der Waals surface area contributed by atoms with Crippen molar-refractivity contribution in [2.75, 3.05) is 30.8 Å². The lowest BCUT2D eigenvalue weighted by atomic mass is 10.1. The number of hydrogen-bond acceptors (Lipinski definition) is 7. The van der Waals surface area contributed by atoms with Gasteiger partial charge in [-0.05, 0) is 93.2 Å². The number of aromatic nitrogens is 4. The van der Waals surface area contributed by atoms with Crippen LogP contribution in [0.3, 0.4) is 0 Å². The van der Waals surface area contributed by atoms with Crippen LogP contribution in [0.15, 0.2) is 59.8 Å². The highest BCUT2D eigenvalue weighted by Gasteiger charge is 2.17. The van der Waals surface area contributed by atoms with Gasteiger partial charge in [0.2, 0.25) is 5.95 Å². The van der Waals surface area contributed by atoms with Gasteiger partial charge in [0.15, 0.2) is 0 Å². The molecule has 2 fully saturated rings. The van der Waals surface area contributed by atoms with Crippen molar-refractivity contribution in [3.05, 3.63) is 82.0 Å². The molecule has 3 aromatic heterocycles. The van der Waals surface area contributed by atoms with E-state index in [0.717, 1.165) is 60.2 Å². The van der Waals surface area contributed by atoms with Crippen molar-refractivity contribution in [3.63, 3.8) is 0 Å². The second-order valence-electron chi connectivity index (χ2n) is 11.6. The van der Waals surface area contributed by atoms with E-state index in [9.17, 15) is 4.79 Å². The summed E-state index contributed by atoms with van der Waals surface area (Å²) in [7, 11) is 2.17. The van der Waals surface area contributed by atoms with Gasteiger partial charge in [-0.2, -0.15) is 4.98 Å². The van der Waals surface area contributed by atoms with Gasteiger partial charge in [-0.3, -0.25) is 14.3 Å². The Balaban J connectivity index is 1.30. The van der Waals surface area contributed by atoms with Crippen LogP contribution in [0.1, 0.15) is 62.1 Å². The van der Waals surface area contributed by atoms with E-state index in [-0.39, 0.29) is 5.56 Å². The Labute approximate surface area is 247 Å². The molecule has 216 valence electrons. The monoisotopic (exact) mass is 561 g/mol. The van der Waals surface area contributed by atoms with Crippen molar-refractivity contribution in [1.82, 2.24) is 24.4 Å². The van der Waals surface area contributed by atoms with E-state index in [1.807, 2.05) is 30.5 Å². The summed E-state index contributed by atoms with van der Waals surface area (Å²) in [5, 5.41) is 7.77. The van der Waals surface area contributed by atoms with Crippen LogP contribution in [0.5, 0.6) is 0 Å². The maximum absolute atomic E-state index is 13.8. The minimum atomic E-state index is -0.132. The Hall–Kier alpha value is -4.22. The first-order valence-electron chi connectivity index (χ1n) is 15.2. The molecule has 1 aliphatic heterocycles. The lowest BCUT2D eigenvalue weighted by Gasteiger charge is -2.30. The van der Waals surface area contributed by atoms with Crippen molar-refractivity contribution in [2.24, 2.45) is 5.92 Å². The highest BCUT2D eigenvalue weighted by atomic mass is 16.1. The summed E-state index contributed by atoms with van der Waals surface area (Å²) < 4.78 is 1.73. The van der Waals surface area contributed by atoms with Gasteiger partial charge in [-0.15, -0.1) is 0 Å². The molecule has 4 aromatic rings. The topological polar surface area (TPSA) is 88.0 Å². The summed E-state index contributed by atoms with van der Waals surface area (Å²) in [6, 6.07) is 12.5. The van der Waals surface area contributed by atoms with Crippen molar-refractivity contribution in [3.8, 4) is 11.8 Å². The second-order valence-corrected chi connectivity index (χ2v) is 11.6. The molecule has 8 nitrogen and oxygen atoms in total. The molecule has 1 saturated carbocycles. The number of likely N-dealkylation sites (N-methyl/N-ethyl adjacent to an activating group) is 1. The number of hydrogen-bond donors (Lipinski definition) is 2. The summed E-state index contributed by atoms with van der Waals surface area (Å²) in [5.74, 6) is 7.38. The molecule has 4 heterocycles. The van der Waals surface area contributed by atoms with Crippen LogP contribution < -0.4 is 16.2 Å². The van der Waals surface area contributed by atoms with E-state index in [1.54, 1.807) is 17.0 Å². The number of rotatable bonds is 7. The van der Waals surface area contributed by atoms with Gasteiger partial charge in [0.05, 0.1) is 12.1 Å². The predicted molar refractivity (Wildman–Crippen MR) is 169 cm³/mol. The van der Waals surface area contributed by atoms with E-state index in [1.165, 1.54) is 25.7 Å². The first-order chi connectivity index (χ1) is 20.6. The average Bonchev–Trinajstić information content (AvgIpc) is 3.53. The lowest BCUT2D eigenvalue weighted by Crippen LogP contribution is -2.39. The fraction of sp³-hybridized carbons (Fsp3) is 0.412. The third kappa shape index (κ3) is 6.47. The Morgan fingerprint density at radius 3 is 2.60 bits per heavy atom. The summed E-state index contributed by atoms with van der Waals surface area (Å²) in [6.07, 6.45) is 13.3. The highest BCUT2D eigenvalue weighted by Crippen LogP contribution is 2.24. The zero-order valence-corrected chi connectivity index (χ0v) is 24.6. The fourth-order valence-corrected chi connectivity index (χ4v) is 6.12. The number of pyridine rings is 2. The molecular weight excluding hydrogens is 522 g/mol. The first-order valence-corrected chi connectivity index (χ1v) is 15.2. The van der Waals surface area contributed by atoms with E-state index in [2.05, 4.69) is 63.4 Å². The largest absolute Gasteiger partial charge is 0.381 e. The van der Waals surface area contributed by atoms with Crippen LogP contribution in [-0.2, 0) is 13.0 Å². The molecular formula is C34H39N7O. The van der Waals surface area contributed by atoms with Gasteiger partial charge in [0, 0.05) is 53.9 Å². The molecule has 1 atom stereocenters. The maximum atomic E-state index is 13.8. The molecule has 6 rings (SSSR count). The summed E-state index contributed by atoms with van der Waals surface area (Å²) >= 11 is 0. The molecule has 1 unspecified atom stereocenters. The molecule has 0 spiro atoms. The average molecular weight is 562 g/mol. The number of aryl methyl sites for hydroxylation is 1. The van der Waals surface area contributed by atoms with Gasteiger partial charge >= 0.3 is 0 Å². The van der Waals surface area contributed by atoms with Gasteiger partial charge in [-0.25, -0.2) is 4.98 Å². The van der Waals surface area contributed by atoms with Crippen molar-refractivity contribution >= 4 is 28.4 Å². The number of nitrogens with one attached hydrogen (secondary N) is 2. The molecule has 2 N–H and O–H groups in total. The zero-order valence-electron chi connectivity index (χ0n) is 24.6. The Kier molecular flexibility index (Phi) is 8.47. The van der Waals surface area contributed by atoms with Crippen LogP contribution >= 0.6 is 0 Å². The molecule has 1 saturated heterocycles. The molecule has 42 heavy (non-hydrogen) atoms.